The van der Waals surface area contributed by atoms with E-state index in [1.165, 1.54) is 5.56 Å². The molecule has 0 fully saturated rings. The predicted molar refractivity (Wildman–Crippen MR) is 68.6 cm³/mol. The average Bonchev–Trinajstić information content (AvgIpc) is 2.58. The van der Waals surface area contributed by atoms with Crippen LogP contribution in [0.2, 0.25) is 0 Å². The van der Waals surface area contributed by atoms with Crippen LogP contribution in [0, 0.1) is 6.92 Å². The second kappa shape index (κ2) is 4.59. The topological polar surface area (TPSA) is 74.0 Å². The number of amides is 1. The van der Waals surface area contributed by atoms with Gasteiger partial charge in [-0.3, -0.25) is 4.79 Å². The van der Waals surface area contributed by atoms with Crippen LogP contribution in [0.1, 0.15) is 11.1 Å². The van der Waals surface area contributed by atoms with Crippen LogP contribution in [0.25, 0.3) is 10.9 Å². The monoisotopic (exact) mass is 231 g/mol. The van der Waals surface area contributed by atoms with Crippen molar-refractivity contribution in [1.29, 1.82) is 0 Å². The average molecular weight is 231 g/mol. The lowest BCUT2D eigenvalue weighted by atomic mass is 10.1. The SMILES string of the molecule is Cc1cccc2c(CCN)cn(CC(N)=O)c12. The number of fused-ring (bicyclic) bond motifs is 1. The molecule has 1 aromatic carbocycles. The van der Waals surface area contributed by atoms with Crippen LogP contribution in [-0.2, 0) is 17.8 Å². The van der Waals surface area contributed by atoms with Crippen molar-refractivity contribution in [2.24, 2.45) is 11.5 Å². The van der Waals surface area contributed by atoms with Gasteiger partial charge in [0.25, 0.3) is 0 Å². The predicted octanol–water partition coefficient (Wildman–Crippen LogP) is 0.936. The summed E-state index contributed by atoms with van der Waals surface area (Å²) in [6.07, 6.45) is 2.79. The van der Waals surface area contributed by atoms with Gasteiger partial charge in [-0.15, -0.1) is 0 Å². The Labute approximate surface area is 100 Å². The number of para-hydroxylation sites is 1. The normalized spacial score (nSPS) is 10.9. The summed E-state index contributed by atoms with van der Waals surface area (Å²) in [6, 6.07) is 6.11. The molecule has 17 heavy (non-hydrogen) atoms. The van der Waals surface area contributed by atoms with E-state index < -0.39 is 0 Å². The number of carbonyl (C=O) groups is 1. The van der Waals surface area contributed by atoms with Gasteiger partial charge in [0, 0.05) is 11.6 Å². The van der Waals surface area contributed by atoms with E-state index in [4.69, 9.17) is 11.5 Å². The number of carbonyl (C=O) groups excluding carboxylic acids is 1. The smallest absolute Gasteiger partial charge is 0.237 e. The summed E-state index contributed by atoms with van der Waals surface area (Å²) in [6.45, 7) is 2.85. The largest absolute Gasteiger partial charge is 0.368 e. The van der Waals surface area contributed by atoms with Gasteiger partial charge in [0.15, 0.2) is 0 Å². The summed E-state index contributed by atoms with van der Waals surface area (Å²) < 4.78 is 1.91. The van der Waals surface area contributed by atoms with Gasteiger partial charge in [-0.05, 0) is 31.0 Å². The lowest BCUT2D eigenvalue weighted by Crippen LogP contribution is -2.18. The fourth-order valence-electron chi connectivity index (χ4n) is 2.27. The van der Waals surface area contributed by atoms with Crippen LogP contribution in [0.5, 0.6) is 0 Å². The molecule has 0 unspecified atom stereocenters. The molecule has 4 heteroatoms. The minimum absolute atomic E-state index is 0.214. The third-order valence-corrected chi connectivity index (χ3v) is 2.92. The van der Waals surface area contributed by atoms with Gasteiger partial charge in [0.2, 0.25) is 5.91 Å². The summed E-state index contributed by atoms with van der Waals surface area (Å²) in [4.78, 5) is 11.1. The molecule has 4 nitrogen and oxygen atoms in total. The molecule has 4 N–H and O–H groups in total. The highest BCUT2D eigenvalue weighted by Crippen LogP contribution is 2.24. The van der Waals surface area contributed by atoms with Crippen LogP contribution in [0.15, 0.2) is 24.4 Å². The quantitative estimate of drug-likeness (QED) is 0.821. The Bertz CT molecular complexity index is 557. The molecular weight excluding hydrogens is 214 g/mol. The molecule has 1 amide bonds. The molecule has 0 spiro atoms. The minimum atomic E-state index is -0.329. The van der Waals surface area contributed by atoms with Crippen LogP contribution < -0.4 is 11.5 Å². The van der Waals surface area contributed by atoms with E-state index in [9.17, 15) is 4.79 Å². The highest BCUT2D eigenvalue weighted by molar-refractivity contribution is 5.88. The van der Waals surface area contributed by atoms with Gasteiger partial charge >= 0.3 is 0 Å². The molecule has 0 aliphatic carbocycles. The molecule has 1 heterocycles. The molecule has 2 aromatic rings. The molecule has 90 valence electrons. The van der Waals surface area contributed by atoms with Crippen LogP contribution >= 0.6 is 0 Å². The third-order valence-electron chi connectivity index (χ3n) is 2.92. The van der Waals surface area contributed by atoms with Crippen LogP contribution in [0.4, 0.5) is 0 Å². The first kappa shape index (κ1) is 11.7. The maximum absolute atomic E-state index is 11.1. The van der Waals surface area contributed by atoms with Crippen molar-refractivity contribution < 1.29 is 4.79 Å². The van der Waals surface area contributed by atoms with Crippen molar-refractivity contribution in [3.05, 3.63) is 35.5 Å². The highest BCUT2D eigenvalue weighted by Gasteiger charge is 2.10. The maximum atomic E-state index is 11.1. The van der Waals surface area contributed by atoms with E-state index >= 15 is 0 Å². The Morgan fingerprint density at radius 3 is 2.82 bits per heavy atom. The molecule has 0 bridgehead atoms. The van der Waals surface area contributed by atoms with Crippen molar-refractivity contribution in [2.75, 3.05) is 6.54 Å². The highest BCUT2D eigenvalue weighted by atomic mass is 16.1. The first-order valence-corrected chi connectivity index (χ1v) is 5.69. The summed E-state index contributed by atoms with van der Waals surface area (Å²) in [5.41, 5.74) is 14.3. The number of nitrogens with zero attached hydrogens (tertiary/aromatic N) is 1. The van der Waals surface area contributed by atoms with E-state index in [2.05, 4.69) is 6.07 Å². The van der Waals surface area contributed by atoms with E-state index in [1.807, 2.05) is 29.8 Å². The Morgan fingerprint density at radius 1 is 1.41 bits per heavy atom. The molecular formula is C13H17N3O. The number of primary amides is 1. The number of rotatable bonds is 4. The maximum Gasteiger partial charge on any atom is 0.237 e. The van der Waals surface area contributed by atoms with Crippen LogP contribution in [0.3, 0.4) is 0 Å². The van der Waals surface area contributed by atoms with Crippen molar-refractivity contribution in [3.63, 3.8) is 0 Å². The Kier molecular flexibility index (Phi) is 3.15. The van der Waals surface area contributed by atoms with Gasteiger partial charge in [-0.2, -0.15) is 0 Å². The zero-order valence-corrected chi connectivity index (χ0v) is 9.94. The Balaban J connectivity index is 2.62. The number of aryl methyl sites for hydroxylation is 1. The van der Waals surface area contributed by atoms with E-state index in [1.54, 1.807) is 0 Å². The second-order valence-corrected chi connectivity index (χ2v) is 4.26. The lowest BCUT2D eigenvalue weighted by Gasteiger charge is -2.04. The van der Waals surface area contributed by atoms with Gasteiger partial charge in [0.1, 0.15) is 6.54 Å². The first-order valence-electron chi connectivity index (χ1n) is 5.69. The number of nitrogens with two attached hydrogens (primary N) is 2. The van der Waals surface area contributed by atoms with Gasteiger partial charge < -0.3 is 16.0 Å². The molecule has 2 rings (SSSR count). The van der Waals surface area contributed by atoms with E-state index in [-0.39, 0.29) is 12.5 Å². The number of benzene rings is 1. The summed E-state index contributed by atoms with van der Waals surface area (Å²) in [7, 11) is 0. The number of hydrogen-bond acceptors (Lipinski definition) is 2. The Morgan fingerprint density at radius 2 is 2.18 bits per heavy atom. The molecule has 0 radical (unpaired) electrons. The number of aromatic nitrogens is 1. The zero-order valence-electron chi connectivity index (χ0n) is 9.94. The standard InChI is InChI=1S/C13H17N3O/c1-9-3-2-4-11-10(5-6-14)7-16(13(9)11)8-12(15)17/h2-4,7H,5-6,8,14H2,1H3,(H2,15,17). The van der Waals surface area contributed by atoms with Crippen molar-refractivity contribution in [1.82, 2.24) is 4.57 Å². The molecule has 0 aliphatic heterocycles. The Hall–Kier alpha value is -1.81. The van der Waals surface area contributed by atoms with Gasteiger partial charge in [-0.25, -0.2) is 0 Å². The molecule has 0 saturated heterocycles. The molecule has 0 saturated carbocycles. The van der Waals surface area contributed by atoms with Crippen molar-refractivity contribution >= 4 is 16.8 Å². The number of hydrogen-bond donors (Lipinski definition) is 2. The van der Waals surface area contributed by atoms with Gasteiger partial charge in [0.05, 0.1) is 5.52 Å². The van der Waals surface area contributed by atoms with E-state index in [0.717, 1.165) is 22.9 Å². The summed E-state index contributed by atoms with van der Waals surface area (Å²) in [5, 5.41) is 1.16. The molecule has 0 aliphatic rings. The van der Waals surface area contributed by atoms with Crippen molar-refractivity contribution in [3.8, 4) is 0 Å². The minimum Gasteiger partial charge on any atom is -0.368 e. The third kappa shape index (κ3) is 2.17. The fraction of sp³-hybridized carbons (Fsp3) is 0.308. The first-order chi connectivity index (χ1) is 8.13. The zero-order chi connectivity index (χ0) is 12.4. The second-order valence-electron chi connectivity index (χ2n) is 4.26. The van der Waals surface area contributed by atoms with E-state index in [0.29, 0.717) is 6.54 Å². The summed E-state index contributed by atoms with van der Waals surface area (Å²) >= 11 is 0. The molecule has 0 atom stereocenters. The fourth-order valence-corrected chi connectivity index (χ4v) is 2.27. The lowest BCUT2D eigenvalue weighted by molar-refractivity contribution is -0.118. The molecule has 1 aromatic heterocycles. The van der Waals surface area contributed by atoms with Crippen molar-refractivity contribution in [2.45, 2.75) is 19.9 Å². The summed E-state index contributed by atoms with van der Waals surface area (Å²) in [5.74, 6) is -0.329. The van der Waals surface area contributed by atoms with Crippen LogP contribution in [-0.4, -0.2) is 17.0 Å². The van der Waals surface area contributed by atoms with Gasteiger partial charge in [-0.1, -0.05) is 18.2 Å².